The van der Waals surface area contributed by atoms with Crippen LogP contribution in [0.4, 0.5) is 0 Å². The van der Waals surface area contributed by atoms with Gasteiger partial charge in [0.25, 0.3) is 0 Å². The second-order valence-electron chi connectivity index (χ2n) is 5.95. The third kappa shape index (κ3) is 4.08. The van der Waals surface area contributed by atoms with Gasteiger partial charge in [-0.05, 0) is 38.4 Å². The van der Waals surface area contributed by atoms with Crippen LogP contribution in [-0.2, 0) is 13.1 Å². The van der Waals surface area contributed by atoms with E-state index in [0.717, 1.165) is 37.4 Å². The molecule has 2 atom stereocenters. The molecule has 0 spiro atoms. The summed E-state index contributed by atoms with van der Waals surface area (Å²) in [5.74, 6) is 1.91. The molecule has 2 rings (SSSR count). The van der Waals surface area contributed by atoms with Gasteiger partial charge < -0.3 is 9.73 Å². The fourth-order valence-electron chi connectivity index (χ4n) is 3.19. The lowest BCUT2D eigenvalue weighted by molar-refractivity contribution is 0.125. The van der Waals surface area contributed by atoms with Crippen LogP contribution in [0.25, 0.3) is 0 Å². The number of nitrogens with one attached hydrogen (secondary N) is 1. The minimum atomic E-state index is 0.719. The summed E-state index contributed by atoms with van der Waals surface area (Å²) < 4.78 is 5.68. The molecule has 0 amide bonds. The molecule has 3 heteroatoms. The first-order valence-electron chi connectivity index (χ1n) is 7.68. The molecule has 1 saturated carbocycles. The monoisotopic (exact) mass is 264 g/mol. The quantitative estimate of drug-likeness (QED) is 0.853. The van der Waals surface area contributed by atoms with Gasteiger partial charge in [-0.25, -0.2) is 0 Å². The molecular formula is C16H28N2O. The summed E-state index contributed by atoms with van der Waals surface area (Å²) >= 11 is 0. The van der Waals surface area contributed by atoms with E-state index in [0.29, 0.717) is 0 Å². The molecule has 1 fully saturated rings. The average molecular weight is 264 g/mol. The van der Waals surface area contributed by atoms with Gasteiger partial charge in [-0.15, -0.1) is 0 Å². The maximum absolute atomic E-state index is 5.68. The lowest BCUT2D eigenvalue weighted by Gasteiger charge is -2.35. The van der Waals surface area contributed by atoms with E-state index in [1.54, 1.807) is 0 Å². The Balaban J connectivity index is 1.87. The van der Waals surface area contributed by atoms with Gasteiger partial charge in [-0.1, -0.05) is 26.7 Å². The summed E-state index contributed by atoms with van der Waals surface area (Å²) in [6.07, 6.45) is 7.37. The molecule has 0 aromatic carbocycles. The molecular weight excluding hydrogens is 236 g/mol. The maximum Gasteiger partial charge on any atom is 0.118 e. The molecule has 19 heavy (non-hydrogen) atoms. The molecule has 0 saturated heterocycles. The maximum atomic E-state index is 5.68. The van der Waals surface area contributed by atoms with Crippen molar-refractivity contribution in [3.63, 3.8) is 0 Å². The van der Waals surface area contributed by atoms with Crippen molar-refractivity contribution in [2.75, 3.05) is 13.6 Å². The van der Waals surface area contributed by atoms with Crippen molar-refractivity contribution in [1.29, 1.82) is 0 Å². The van der Waals surface area contributed by atoms with E-state index in [9.17, 15) is 0 Å². The van der Waals surface area contributed by atoms with Crippen LogP contribution in [-0.4, -0.2) is 24.5 Å². The van der Waals surface area contributed by atoms with Crippen LogP contribution in [0.1, 0.15) is 50.9 Å². The highest BCUT2D eigenvalue weighted by molar-refractivity contribution is 5.12. The Kier molecular flexibility index (Phi) is 5.46. The Morgan fingerprint density at radius 1 is 1.37 bits per heavy atom. The third-order valence-electron chi connectivity index (χ3n) is 4.32. The van der Waals surface area contributed by atoms with Gasteiger partial charge in [0.05, 0.1) is 12.8 Å². The van der Waals surface area contributed by atoms with Crippen LogP contribution >= 0.6 is 0 Å². The molecule has 1 heterocycles. The molecule has 1 aromatic rings. The largest absolute Gasteiger partial charge is 0.468 e. The number of rotatable bonds is 6. The lowest BCUT2D eigenvalue weighted by Crippen LogP contribution is -2.38. The first-order valence-corrected chi connectivity index (χ1v) is 7.68. The van der Waals surface area contributed by atoms with Crippen molar-refractivity contribution in [2.45, 2.75) is 58.7 Å². The number of furan rings is 1. The molecule has 0 radical (unpaired) electrons. The Morgan fingerprint density at radius 2 is 2.16 bits per heavy atom. The van der Waals surface area contributed by atoms with E-state index >= 15 is 0 Å². The Labute approximate surface area is 117 Å². The summed E-state index contributed by atoms with van der Waals surface area (Å²) in [5.41, 5.74) is 1.25. The van der Waals surface area contributed by atoms with Crippen LogP contribution in [0, 0.1) is 5.92 Å². The van der Waals surface area contributed by atoms with E-state index in [2.05, 4.69) is 37.2 Å². The summed E-state index contributed by atoms with van der Waals surface area (Å²) in [6.45, 7) is 7.35. The zero-order valence-electron chi connectivity index (χ0n) is 12.6. The van der Waals surface area contributed by atoms with E-state index < -0.39 is 0 Å². The highest BCUT2D eigenvalue weighted by Gasteiger charge is 2.25. The van der Waals surface area contributed by atoms with Crippen molar-refractivity contribution in [3.8, 4) is 0 Å². The Morgan fingerprint density at radius 3 is 2.89 bits per heavy atom. The predicted octanol–water partition coefficient (Wildman–Crippen LogP) is 3.40. The summed E-state index contributed by atoms with van der Waals surface area (Å²) in [5, 5.41) is 3.33. The average Bonchev–Trinajstić information content (AvgIpc) is 2.84. The first kappa shape index (κ1) is 14.6. The summed E-state index contributed by atoms with van der Waals surface area (Å²) in [6, 6.07) is 2.91. The highest BCUT2D eigenvalue weighted by Crippen LogP contribution is 2.28. The summed E-state index contributed by atoms with van der Waals surface area (Å²) in [7, 11) is 2.24. The van der Waals surface area contributed by atoms with Gasteiger partial charge in [0, 0.05) is 18.2 Å². The van der Waals surface area contributed by atoms with Crippen LogP contribution < -0.4 is 5.32 Å². The van der Waals surface area contributed by atoms with E-state index in [4.69, 9.17) is 4.42 Å². The van der Waals surface area contributed by atoms with Gasteiger partial charge in [-0.2, -0.15) is 0 Å². The highest BCUT2D eigenvalue weighted by atomic mass is 16.3. The van der Waals surface area contributed by atoms with E-state index in [1.807, 2.05) is 6.26 Å². The van der Waals surface area contributed by atoms with Crippen molar-refractivity contribution in [1.82, 2.24) is 10.2 Å². The molecule has 0 bridgehead atoms. The second kappa shape index (κ2) is 7.11. The van der Waals surface area contributed by atoms with Crippen molar-refractivity contribution < 1.29 is 4.42 Å². The summed E-state index contributed by atoms with van der Waals surface area (Å²) in [4.78, 5) is 2.47. The van der Waals surface area contributed by atoms with Crippen molar-refractivity contribution in [2.24, 2.45) is 5.92 Å². The Hall–Kier alpha value is -0.800. The topological polar surface area (TPSA) is 28.4 Å². The second-order valence-corrected chi connectivity index (χ2v) is 5.95. The van der Waals surface area contributed by atoms with Crippen LogP contribution in [0.15, 0.2) is 16.7 Å². The molecule has 2 unspecified atom stereocenters. The smallest absolute Gasteiger partial charge is 0.118 e. The van der Waals surface area contributed by atoms with Crippen LogP contribution in [0.2, 0.25) is 0 Å². The first-order chi connectivity index (χ1) is 9.20. The van der Waals surface area contributed by atoms with E-state index in [-0.39, 0.29) is 0 Å². The minimum Gasteiger partial charge on any atom is -0.468 e. The Bertz CT molecular complexity index is 375. The molecule has 108 valence electrons. The van der Waals surface area contributed by atoms with Crippen LogP contribution in [0.3, 0.4) is 0 Å². The van der Waals surface area contributed by atoms with Gasteiger partial charge >= 0.3 is 0 Å². The van der Waals surface area contributed by atoms with E-state index in [1.165, 1.54) is 31.2 Å². The van der Waals surface area contributed by atoms with Crippen molar-refractivity contribution in [3.05, 3.63) is 23.7 Å². The number of hydrogen-bond acceptors (Lipinski definition) is 3. The zero-order valence-corrected chi connectivity index (χ0v) is 12.6. The zero-order chi connectivity index (χ0) is 13.7. The normalized spacial score (nSPS) is 24.0. The van der Waals surface area contributed by atoms with Crippen molar-refractivity contribution >= 4 is 0 Å². The van der Waals surface area contributed by atoms with Gasteiger partial charge in [-0.3, -0.25) is 4.90 Å². The van der Waals surface area contributed by atoms with Gasteiger partial charge in [0.1, 0.15) is 5.76 Å². The fourth-order valence-corrected chi connectivity index (χ4v) is 3.19. The molecule has 3 nitrogen and oxygen atoms in total. The van der Waals surface area contributed by atoms with Gasteiger partial charge in [0.15, 0.2) is 0 Å². The minimum absolute atomic E-state index is 0.719. The fraction of sp³-hybridized carbons (Fsp3) is 0.750. The molecule has 0 aliphatic heterocycles. The molecule has 1 N–H and O–H groups in total. The predicted molar refractivity (Wildman–Crippen MR) is 79.0 cm³/mol. The molecule has 1 aliphatic rings. The third-order valence-corrected chi connectivity index (χ3v) is 4.32. The SMILES string of the molecule is CCNCc1coc(CN(C)C2CCCCC2C)c1. The molecule has 1 aliphatic carbocycles. The van der Waals surface area contributed by atoms with Crippen LogP contribution in [0.5, 0.6) is 0 Å². The standard InChI is InChI=1S/C16H28N2O/c1-4-17-10-14-9-15(19-12-14)11-18(3)16-8-6-5-7-13(16)2/h9,12-13,16-17H,4-8,10-11H2,1-3H3. The molecule has 1 aromatic heterocycles. The van der Waals surface area contributed by atoms with Gasteiger partial charge in [0.2, 0.25) is 0 Å². The number of nitrogens with zero attached hydrogens (tertiary/aromatic N) is 1. The number of hydrogen-bond donors (Lipinski definition) is 1. The lowest BCUT2D eigenvalue weighted by atomic mass is 9.85.